The summed E-state index contributed by atoms with van der Waals surface area (Å²) in [5.74, 6) is 0. The van der Waals surface area contributed by atoms with Crippen LogP contribution in [-0.4, -0.2) is 11.5 Å². The molecule has 2 heterocycles. The fourth-order valence-electron chi connectivity index (χ4n) is 3.93. The number of halogens is 3. The van der Waals surface area contributed by atoms with Gasteiger partial charge in [-0.1, -0.05) is 71.4 Å². The van der Waals surface area contributed by atoms with E-state index in [9.17, 15) is 13.2 Å². The van der Waals surface area contributed by atoms with Gasteiger partial charge in [-0.25, -0.2) is 4.98 Å². The average molecular weight is 501 g/mol. The molecule has 35 heavy (non-hydrogen) atoms. The maximum Gasteiger partial charge on any atom is 0.416 e. The van der Waals surface area contributed by atoms with Crippen molar-refractivity contribution in [1.29, 1.82) is 0 Å². The number of terminal acetylenes is 1. The second kappa shape index (κ2) is 12.3. The Morgan fingerprint density at radius 2 is 1.66 bits per heavy atom. The molecule has 1 aliphatic rings. The third-order valence-electron chi connectivity index (χ3n) is 6.19. The molecular formula is C29H35F3N2S. The smallest absolute Gasteiger partial charge is 0.343 e. The fourth-order valence-corrected chi connectivity index (χ4v) is 4.79. The average Bonchev–Trinajstić information content (AvgIpc) is 3.36. The summed E-state index contributed by atoms with van der Waals surface area (Å²) in [6.45, 7) is 12.6. The van der Waals surface area contributed by atoms with Gasteiger partial charge in [0.15, 0.2) is 5.13 Å². The number of rotatable bonds is 5. The van der Waals surface area contributed by atoms with E-state index >= 15 is 0 Å². The van der Waals surface area contributed by atoms with Crippen LogP contribution in [0.4, 0.5) is 18.3 Å². The number of thiazole rings is 1. The van der Waals surface area contributed by atoms with E-state index in [1.807, 2.05) is 19.2 Å². The molecule has 1 aliphatic heterocycles. The molecule has 0 N–H and O–H groups in total. The van der Waals surface area contributed by atoms with Crippen molar-refractivity contribution in [2.24, 2.45) is 5.41 Å². The summed E-state index contributed by atoms with van der Waals surface area (Å²) in [4.78, 5) is 6.97. The van der Waals surface area contributed by atoms with Crippen molar-refractivity contribution in [3.05, 3.63) is 70.1 Å². The SMILES string of the molecule is C#C.CC.CCC(C)(C)Cc1ccc2c(c1)CCN(c1nc(-c3ccc(C(F)(F)F)cc3)cs1)C2. The first kappa shape index (κ1) is 28.5. The van der Waals surface area contributed by atoms with Gasteiger partial charge in [-0.2, -0.15) is 13.2 Å². The highest BCUT2D eigenvalue weighted by atomic mass is 32.1. The molecule has 0 aliphatic carbocycles. The highest BCUT2D eigenvalue weighted by Crippen LogP contribution is 2.34. The Bertz CT molecular complexity index is 1100. The third-order valence-corrected chi connectivity index (χ3v) is 7.09. The van der Waals surface area contributed by atoms with Gasteiger partial charge in [-0.15, -0.1) is 24.2 Å². The van der Waals surface area contributed by atoms with Crippen molar-refractivity contribution >= 4 is 16.5 Å². The van der Waals surface area contributed by atoms with E-state index in [0.717, 1.165) is 55.3 Å². The number of nitrogens with zero attached hydrogens (tertiary/aromatic N) is 2. The number of anilines is 1. The van der Waals surface area contributed by atoms with E-state index in [0.29, 0.717) is 11.0 Å². The molecule has 0 saturated carbocycles. The summed E-state index contributed by atoms with van der Waals surface area (Å²) in [6.07, 6.45) is 6.90. The van der Waals surface area contributed by atoms with E-state index in [1.165, 1.54) is 28.8 Å². The van der Waals surface area contributed by atoms with Crippen LogP contribution in [0.1, 0.15) is 63.3 Å². The summed E-state index contributed by atoms with van der Waals surface area (Å²) in [5, 5.41) is 2.83. The van der Waals surface area contributed by atoms with Crippen molar-refractivity contribution in [2.75, 3.05) is 11.4 Å². The van der Waals surface area contributed by atoms with Crippen LogP contribution in [0.2, 0.25) is 0 Å². The number of benzene rings is 2. The molecule has 0 fully saturated rings. The monoisotopic (exact) mass is 500 g/mol. The van der Waals surface area contributed by atoms with Gasteiger partial charge in [0.2, 0.25) is 0 Å². The zero-order valence-electron chi connectivity index (χ0n) is 21.2. The van der Waals surface area contributed by atoms with Gasteiger partial charge < -0.3 is 4.90 Å². The molecule has 0 radical (unpaired) electrons. The molecule has 188 valence electrons. The maximum atomic E-state index is 12.8. The second-order valence-electron chi connectivity index (χ2n) is 9.06. The Hall–Kier alpha value is -2.78. The minimum atomic E-state index is -4.32. The van der Waals surface area contributed by atoms with Gasteiger partial charge in [0, 0.05) is 24.0 Å². The molecule has 2 nitrogen and oxygen atoms in total. The Balaban J connectivity index is 0.00000103. The molecule has 2 aromatic carbocycles. The highest BCUT2D eigenvalue weighted by molar-refractivity contribution is 7.14. The minimum Gasteiger partial charge on any atom is -0.343 e. The van der Waals surface area contributed by atoms with Gasteiger partial charge in [-0.05, 0) is 47.1 Å². The molecule has 0 unspecified atom stereocenters. The molecule has 0 spiro atoms. The molecule has 0 amide bonds. The van der Waals surface area contributed by atoms with Crippen molar-refractivity contribution < 1.29 is 13.2 Å². The number of hydrogen-bond donors (Lipinski definition) is 0. The largest absolute Gasteiger partial charge is 0.416 e. The van der Waals surface area contributed by atoms with Gasteiger partial charge in [0.05, 0.1) is 11.3 Å². The summed E-state index contributed by atoms with van der Waals surface area (Å²) in [5.41, 5.74) is 5.24. The maximum absolute atomic E-state index is 12.8. The number of aromatic nitrogens is 1. The van der Waals surface area contributed by atoms with E-state index < -0.39 is 11.7 Å². The second-order valence-corrected chi connectivity index (χ2v) is 9.90. The van der Waals surface area contributed by atoms with Crippen molar-refractivity contribution in [3.63, 3.8) is 0 Å². The van der Waals surface area contributed by atoms with Gasteiger partial charge in [0.25, 0.3) is 0 Å². The number of hydrogen-bond acceptors (Lipinski definition) is 3. The lowest BCUT2D eigenvalue weighted by atomic mass is 9.82. The van der Waals surface area contributed by atoms with Crippen LogP contribution >= 0.6 is 11.3 Å². The van der Waals surface area contributed by atoms with Crippen molar-refractivity contribution in [3.8, 4) is 24.1 Å². The molecule has 1 aromatic heterocycles. The van der Waals surface area contributed by atoms with Crippen LogP contribution in [0.5, 0.6) is 0 Å². The first-order valence-electron chi connectivity index (χ1n) is 12.0. The molecule has 4 rings (SSSR count). The molecular weight excluding hydrogens is 465 g/mol. The minimum absolute atomic E-state index is 0.310. The van der Waals surface area contributed by atoms with Gasteiger partial charge in [-0.3, -0.25) is 0 Å². The summed E-state index contributed by atoms with van der Waals surface area (Å²) in [6, 6.07) is 12.1. The topological polar surface area (TPSA) is 16.1 Å². The van der Waals surface area contributed by atoms with Crippen molar-refractivity contribution in [2.45, 2.75) is 66.6 Å². The lowest BCUT2D eigenvalue weighted by Crippen LogP contribution is -2.30. The number of alkyl halides is 3. The van der Waals surface area contributed by atoms with Crippen LogP contribution in [0.3, 0.4) is 0 Å². The lowest BCUT2D eigenvalue weighted by Gasteiger charge is -2.29. The van der Waals surface area contributed by atoms with E-state index in [4.69, 9.17) is 4.98 Å². The van der Waals surface area contributed by atoms with E-state index in [1.54, 1.807) is 11.3 Å². The Morgan fingerprint density at radius 3 is 2.26 bits per heavy atom. The van der Waals surface area contributed by atoms with Gasteiger partial charge >= 0.3 is 6.18 Å². The zero-order chi connectivity index (χ0) is 26.2. The van der Waals surface area contributed by atoms with Crippen LogP contribution in [0.25, 0.3) is 11.3 Å². The predicted molar refractivity (Wildman–Crippen MR) is 143 cm³/mol. The summed E-state index contributed by atoms with van der Waals surface area (Å²) < 4.78 is 38.4. The predicted octanol–water partition coefficient (Wildman–Crippen LogP) is 8.65. The lowest BCUT2D eigenvalue weighted by molar-refractivity contribution is -0.137. The normalized spacial score (nSPS) is 13.1. The van der Waals surface area contributed by atoms with Crippen molar-refractivity contribution in [1.82, 2.24) is 4.98 Å². The molecule has 6 heteroatoms. The molecule has 0 bridgehead atoms. The van der Waals surface area contributed by atoms with Crippen LogP contribution < -0.4 is 4.90 Å². The fraction of sp³-hybridized carbons (Fsp3) is 0.414. The molecule has 0 atom stereocenters. The standard InChI is InChI=1S/C25H27F3N2S.C2H6.C2H2/c1-4-24(2,3)14-17-5-6-20-15-30(12-11-19(20)13-17)23-29-22(16-31-23)18-7-9-21(10-8-18)25(26,27)28;2*1-2/h5-10,13,16H,4,11-12,14-15H2,1-3H3;1-2H3;1-2H. The first-order chi connectivity index (χ1) is 16.6. The Labute approximate surface area is 212 Å². The third kappa shape index (κ3) is 7.35. The number of fused-ring (bicyclic) bond motifs is 1. The van der Waals surface area contributed by atoms with Gasteiger partial charge in [0.1, 0.15) is 0 Å². The highest BCUT2D eigenvalue weighted by Gasteiger charge is 2.30. The van der Waals surface area contributed by atoms with Crippen LogP contribution in [-0.2, 0) is 25.6 Å². The van der Waals surface area contributed by atoms with Crippen LogP contribution in [0.15, 0.2) is 47.8 Å². The molecule has 0 saturated heterocycles. The van der Waals surface area contributed by atoms with E-state index in [2.05, 4.69) is 56.7 Å². The summed E-state index contributed by atoms with van der Waals surface area (Å²) >= 11 is 1.54. The zero-order valence-corrected chi connectivity index (χ0v) is 22.1. The molecule has 3 aromatic rings. The Morgan fingerprint density at radius 1 is 1.00 bits per heavy atom. The first-order valence-corrected chi connectivity index (χ1v) is 12.8. The van der Waals surface area contributed by atoms with Crippen LogP contribution in [0, 0.1) is 18.3 Å². The summed E-state index contributed by atoms with van der Waals surface area (Å²) in [7, 11) is 0. The quantitative estimate of drug-likeness (QED) is 0.326. The Kier molecular flexibility index (Phi) is 9.97. The van der Waals surface area contributed by atoms with E-state index in [-0.39, 0.29) is 0 Å².